The van der Waals surface area contributed by atoms with Crippen molar-refractivity contribution in [3.05, 3.63) is 72.7 Å². The molecule has 2 aromatic carbocycles. The number of urea groups is 1. The Morgan fingerprint density at radius 2 is 1.77 bits per heavy atom. The van der Waals surface area contributed by atoms with Crippen molar-refractivity contribution in [2.45, 2.75) is 0 Å². The first kappa shape index (κ1) is 18.9. The first-order chi connectivity index (χ1) is 14.5. The summed E-state index contributed by atoms with van der Waals surface area (Å²) in [7, 11) is 1.85. The van der Waals surface area contributed by atoms with Crippen molar-refractivity contribution in [2.24, 2.45) is 7.05 Å². The molecular formula is C21H17N5O4. The lowest BCUT2D eigenvalue weighted by Gasteiger charge is -2.10. The van der Waals surface area contributed by atoms with Crippen molar-refractivity contribution in [1.82, 2.24) is 14.8 Å². The number of nitrogens with zero attached hydrogens (tertiary/aromatic N) is 3. The fourth-order valence-corrected chi connectivity index (χ4v) is 2.90. The third kappa shape index (κ3) is 4.20. The number of aryl methyl sites for hydroxylation is 1. The van der Waals surface area contributed by atoms with E-state index in [2.05, 4.69) is 20.7 Å². The van der Waals surface area contributed by atoms with Crippen LogP contribution in [0, 0.1) is 0 Å². The Labute approximate surface area is 170 Å². The number of fused-ring (bicyclic) bond motifs is 1. The van der Waals surface area contributed by atoms with Crippen LogP contribution in [0.1, 0.15) is 10.5 Å². The monoisotopic (exact) mass is 403 g/mol. The van der Waals surface area contributed by atoms with Crippen LogP contribution in [-0.4, -0.2) is 31.9 Å². The number of rotatable bonds is 5. The van der Waals surface area contributed by atoms with Crippen LogP contribution in [-0.2, 0) is 7.05 Å². The van der Waals surface area contributed by atoms with E-state index in [9.17, 15) is 9.59 Å². The number of carboxylic acids is 1. The summed E-state index contributed by atoms with van der Waals surface area (Å²) in [5.74, 6) is -0.377. The lowest BCUT2D eigenvalue weighted by molar-refractivity contribution is 0.0690. The Bertz CT molecular complexity index is 1250. The average Bonchev–Trinajstić information content (AvgIpc) is 3.08. The first-order valence-electron chi connectivity index (χ1n) is 8.95. The number of aromatic nitrogens is 3. The number of pyridine rings is 1. The number of carbonyl (C=O) groups excluding carboxylic acids is 1. The quantitative estimate of drug-likeness (QED) is 0.462. The minimum Gasteiger partial charge on any atom is -0.477 e. The van der Waals surface area contributed by atoms with Crippen molar-refractivity contribution in [1.29, 1.82) is 0 Å². The summed E-state index contributed by atoms with van der Waals surface area (Å²) in [6.45, 7) is 0. The minimum absolute atomic E-state index is 0.119. The highest BCUT2D eigenvalue weighted by Crippen LogP contribution is 2.25. The van der Waals surface area contributed by atoms with Crippen LogP contribution in [0.3, 0.4) is 0 Å². The third-order valence-corrected chi connectivity index (χ3v) is 4.28. The Morgan fingerprint density at radius 1 is 1.00 bits per heavy atom. The fourth-order valence-electron chi connectivity index (χ4n) is 2.90. The molecule has 150 valence electrons. The van der Waals surface area contributed by atoms with Crippen molar-refractivity contribution < 1.29 is 19.4 Å². The maximum atomic E-state index is 12.4. The van der Waals surface area contributed by atoms with Gasteiger partial charge in [-0.05, 0) is 36.4 Å². The second-order valence-corrected chi connectivity index (χ2v) is 6.43. The van der Waals surface area contributed by atoms with Gasteiger partial charge in [0, 0.05) is 42.1 Å². The Kier molecular flexibility index (Phi) is 5.00. The van der Waals surface area contributed by atoms with Crippen LogP contribution < -0.4 is 15.4 Å². The Morgan fingerprint density at radius 3 is 2.57 bits per heavy atom. The molecule has 0 radical (unpaired) electrons. The highest BCUT2D eigenvalue weighted by molar-refractivity contribution is 6.01. The Hall–Kier alpha value is -4.40. The summed E-state index contributed by atoms with van der Waals surface area (Å²) >= 11 is 0. The van der Waals surface area contributed by atoms with E-state index in [4.69, 9.17) is 9.84 Å². The first-order valence-corrected chi connectivity index (χ1v) is 8.95. The largest absolute Gasteiger partial charge is 0.477 e. The molecule has 9 heteroatoms. The van der Waals surface area contributed by atoms with Crippen LogP contribution in [0.5, 0.6) is 11.5 Å². The molecule has 0 spiro atoms. The van der Waals surface area contributed by atoms with Crippen molar-refractivity contribution in [3.8, 4) is 11.5 Å². The zero-order valence-corrected chi connectivity index (χ0v) is 15.9. The summed E-state index contributed by atoms with van der Waals surface area (Å²) in [5.41, 5.74) is 2.00. The SMILES string of the molecule is Cn1ncc2cc(NC(=O)Nc3cccc(Oc4ccnc(C(=O)O)c4)c3)ccc21. The zero-order chi connectivity index (χ0) is 21.1. The van der Waals surface area contributed by atoms with Gasteiger partial charge in [-0.3, -0.25) is 4.68 Å². The summed E-state index contributed by atoms with van der Waals surface area (Å²) in [6, 6.07) is 14.7. The molecule has 0 aliphatic carbocycles. The minimum atomic E-state index is -1.14. The smallest absolute Gasteiger partial charge is 0.354 e. The van der Waals surface area contributed by atoms with Gasteiger partial charge in [-0.2, -0.15) is 5.10 Å². The van der Waals surface area contributed by atoms with Crippen LogP contribution >= 0.6 is 0 Å². The van der Waals surface area contributed by atoms with Gasteiger partial charge >= 0.3 is 12.0 Å². The standard InChI is InChI=1S/C21H17N5O4/c1-26-19-6-5-15(9-13(19)12-23-26)25-21(29)24-14-3-2-4-16(10-14)30-17-7-8-22-18(11-17)20(27)28/h2-12H,1H3,(H,27,28)(H2,24,25,29). The average molecular weight is 403 g/mol. The summed E-state index contributed by atoms with van der Waals surface area (Å²) in [5, 5.41) is 19.6. The molecule has 0 aliphatic heterocycles. The second-order valence-electron chi connectivity index (χ2n) is 6.43. The number of hydrogen-bond acceptors (Lipinski definition) is 5. The maximum absolute atomic E-state index is 12.4. The van der Waals surface area contributed by atoms with E-state index < -0.39 is 12.0 Å². The van der Waals surface area contributed by atoms with Crippen LogP contribution in [0.4, 0.5) is 16.2 Å². The Balaban J connectivity index is 1.43. The van der Waals surface area contributed by atoms with Gasteiger partial charge in [0.1, 0.15) is 11.5 Å². The lowest BCUT2D eigenvalue weighted by Crippen LogP contribution is -2.19. The number of anilines is 2. The van der Waals surface area contributed by atoms with Crippen LogP contribution in [0.2, 0.25) is 0 Å². The number of amides is 2. The van der Waals surface area contributed by atoms with Crippen molar-refractivity contribution >= 4 is 34.3 Å². The normalized spacial score (nSPS) is 10.6. The molecule has 4 rings (SSSR count). The van der Waals surface area contributed by atoms with Gasteiger partial charge in [0.25, 0.3) is 0 Å². The number of ether oxygens (including phenoxy) is 1. The van der Waals surface area contributed by atoms with Gasteiger partial charge in [-0.25, -0.2) is 14.6 Å². The fraction of sp³-hybridized carbons (Fsp3) is 0.0476. The topological polar surface area (TPSA) is 118 Å². The van der Waals surface area contributed by atoms with Gasteiger partial charge in [0.2, 0.25) is 0 Å². The van der Waals surface area contributed by atoms with E-state index >= 15 is 0 Å². The molecule has 2 aromatic heterocycles. The van der Waals surface area contributed by atoms with Crippen LogP contribution in [0.25, 0.3) is 10.9 Å². The molecule has 2 heterocycles. The number of carboxylic acid groups (broad SMARTS) is 1. The highest BCUT2D eigenvalue weighted by Gasteiger charge is 2.08. The molecule has 0 bridgehead atoms. The third-order valence-electron chi connectivity index (χ3n) is 4.28. The number of hydrogen-bond donors (Lipinski definition) is 3. The molecule has 3 N–H and O–H groups in total. The summed E-state index contributed by atoms with van der Waals surface area (Å²) in [4.78, 5) is 27.1. The molecular weight excluding hydrogens is 386 g/mol. The van der Waals surface area contributed by atoms with E-state index in [1.54, 1.807) is 47.3 Å². The summed E-state index contributed by atoms with van der Waals surface area (Å²) < 4.78 is 7.43. The highest BCUT2D eigenvalue weighted by atomic mass is 16.5. The predicted molar refractivity (Wildman–Crippen MR) is 111 cm³/mol. The van der Waals surface area contributed by atoms with E-state index in [1.807, 2.05) is 19.2 Å². The predicted octanol–water partition coefficient (Wildman–Crippen LogP) is 4.10. The number of aromatic carboxylic acids is 1. The number of carbonyl (C=O) groups is 2. The summed E-state index contributed by atoms with van der Waals surface area (Å²) in [6.07, 6.45) is 3.08. The molecule has 0 unspecified atom stereocenters. The van der Waals surface area contributed by atoms with Gasteiger partial charge < -0.3 is 20.5 Å². The van der Waals surface area contributed by atoms with Crippen LogP contribution in [0.15, 0.2) is 67.0 Å². The molecule has 0 atom stereocenters. The molecule has 4 aromatic rings. The molecule has 2 amide bonds. The molecule has 30 heavy (non-hydrogen) atoms. The van der Waals surface area contributed by atoms with Gasteiger partial charge in [-0.1, -0.05) is 6.07 Å². The molecule has 9 nitrogen and oxygen atoms in total. The van der Waals surface area contributed by atoms with E-state index in [-0.39, 0.29) is 5.69 Å². The molecule has 0 aliphatic rings. The van der Waals surface area contributed by atoms with Gasteiger partial charge in [0.15, 0.2) is 5.69 Å². The van der Waals surface area contributed by atoms with Crippen molar-refractivity contribution in [2.75, 3.05) is 10.6 Å². The van der Waals surface area contributed by atoms with E-state index in [1.165, 1.54) is 12.3 Å². The van der Waals surface area contributed by atoms with Crippen molar-refractivity contribution in [3.63, 3.8) is 0 Å². The zero-order valence-electron chi connectivity index (χ0n) is 15.9. The van der Waals surface area contributed by atoms with Gasteiger partial charge in [-0.15, -0.1) is 0 Å². The lowest BCUT2D eigenvalue weighted by atomic mass is 10.2. The second kappa shape index (κ2) is 7.92. The number of nitrogens with one attached hydrogen (secondary N) is 2. The molecule has 0 saturated carbocycles. The van der Waals surface area contributed by atoms with Gasteiger partial charge in [0.05, 0.1) is 11.7 Å². The maximum Gasteiger partial charge on any atom is 0.354 e. The van der Waals surface area contributed by atoms with E-state index in [0.717, 1.165) is 10.9 Å². The number of benzene rings is 2. The molecule has 0 fully saturated rings. The molecule has 0 saturated heterocycles. The van der Waals surface area contributed by atoms with E-state index in [0.29, 0.717) is 22.9 Å².